The van der Waals surface area contributed by atoms with Gasteiger partial charge in [0.2, 0.25) is 0 Å². The third-order valence-corrected chi connectivity index (χ3v) is 1.39. The zero-order valence-electron chi connectivity index (χ0n) is 7.55. The second-order valence-corrected chi connectivity index (χ2v) is 3.01. The number of hydrogen-bond acceptors (Lipinski definition) is 2. The first-order valence-corrected chi connectivity index (χ1v) is 4.15. The highest BCUT2D eigenvalue weighted by Gasteiger charge is 2.01. The minimum Gasteiger partial charge on any atom is -0.377 e. The first-order chi connectivity index (χ1) is 5.16. The molecule has 0 bridgehead atoms. The first kappa shape index (κ1) is 10.7. The maximum Gasteiger partial charge on any atom is 0.0621 e. The Hall–Kier alpha value is -0.340. The second kappa shape index (κ2) is 6.38. The summed E-state index contributed by atoms with van der Waals surface area (Å²) in [5, 5.41) is 0. The van der Waals surface area contributed by atoms with Crippen molar-refractivity contribution >= 4 is 0 Å². The Morgan fingerprint density at radius 3 is 2.64 bits per heavy atom. The van der Waals surface area contributed by atoms with E-state index in [4.69, 9.17) is 10.5 Å². The van der Waals surface area contributed by atoms with E-state index < -0.39 is 0 Å². The van der Waals surface area contributed by atoms with Gasteiger partial charge in [0.25, 0.3) is 0 Å². The van der Waals surface area contributed by atoms with E-state index in [-0.39, 0.29) is 12.1 Å². The minimum atomic E-state index is 0.162. The van der Waals surface area contributed by atoms with Crippen LogP contribution < -0.4 is 5.73 Å². The number of hydrogen-bond donors (Lipinski definition) is 1. The predicted octanol–water partition coefficient (Wildman–Crippen LogP) is 1.70. The smallest absolute Gasteiger partial charge is 0.0621 e. The van der Waals surface area contributed by atoms with E-state index >= 15 is 0 Å². The van der Waals surface area contributed by atoms with Crippen LogP contribution in [0.1, 0.15) is 26.7 Å². The third kappa shape index (κ3) is 7.56. The molecule has 1 atom stereocenters. The fraction of sp³-hybridized carbons (Fsp3) is 0.778. The Morgan fingerprint density at radius 1 is 1.55 bits per heavy atom. The van der Waals surface area contributed by atoms with Crippen LogP contribution in [0, 0.1) is 0 Å². The van der Waals surface area contributed by atoms with Crippen molar-refractivity contribution in [1.82, 2.24) is 0 Å². The highest BCUT2D eigenvalue weighted by Crippen LogP contribution is 1.97. The molecule has 0 aromatic carbocycles. The molecule has 0 saturated carbocycles. The summed E-state index contributed by atoms with van der Waals surface area (Å²) in [5.41, 5.74) is 5.74. The number of rotatable bonds is 6. The van der Waals surface area contributed by atoms with Crippen LogP contribution in [0.25, 0.3) is 0 Å². The molecule has 0 radical (unpaired) electrons. The molecule has 1 unspecified atom stereocenters. The largest absolute Gasteiger partial charge is 0.377 e. The summed E-state index contributed by atoms with van der Waals surface area (Å²) < 4.78 is 5.34. The van der Waals surface area contributed by atoms with E-state index in [9.17, 15) is 0 Å². The Kier molecular flexibility index (Phi) is 6.18. The van der Waals surface area contributed by atoms with E-state index in [1.165, 1.54) is 0 Å². The van der Waals surface area contributed by atoms with Gasteiger partial charge >= 0.3 is 0 Å². The van der Waals surface area contributed by atoms with Gasteiger partial charge in [-0.05, 0) is 26.7 Å². The Balaban J connectivity index is 3.21. The molecule has 0 aliphatic heterocycles. The van der Waals surface area contributed by atoms with Gasteiger partial charge in [-0.1, -0.05) is 6.08 Å². The van der Waals surface area contributed by atoms with Gasteiger partial charge in [0.05, 0.1) is 12.7 Å². The molecule has 2 nitrogen and oxygen atoms in total. The third-order valence-electron chi connectivity index (χ3n) is 1.39. The van der Waals surface area contributed by atoms with Gasteiger partial charge in [-0.15, -0.1) is 6.58 Å². The van der Waals surface area contributed by atoms with Gasteiger partial charge in [0.1, 0.15) is 0 Å². The molecule has 0 amide bonds. The van der Waals surface area contributed by atoms with Crippen molar-refractivity contribution in [2.45, 2.75) is 38.8 Å². The average Bonchev–Trinajstić information content (AvgIpc) is 1.97. The predicted molar refractivity (Wildman–Crippen MR) is 48.5 cm³/mol. The number of ether oxygens (including phenoxy) is 1. The van der Waals surface area contributed by atoms with Gasteiger partial charge < -0.3 is 10.5 Å². The van der Waals surface area contributed by atoms with E-state index in [1.54, 1.807) is 0 Å². The van der Waals surface area contributed by atoms with Crippen molar-refractivity contribution in [1.29, 1.82) is 0 Å². The van der Waals surface area contributed by atoms with Crippen LogP contribution in [-0.2, 0) is 4.74 Å². The fourth-order valence-electron chi connectivity index (χ4n) is 0.731. The standard InChI is InChI=1S/C9H19NO/c1-4-5-6-9(10)7-11-8(2)3/h4,8-9H,1,5-7,10H2,2-3H3. The van der Waals surface area contributed by atoms with Crippen molar-refractivity contribution in [3.05, 3.63) is 12.7 Å². The number of nitrogens with two attached hydrogens (primary N) is 1. The molecule has 0 spiro atoms. The van der Waals surface area contributed by atoms with Crippen LogP contribution in [-0.4, -0.2) is 18.8 Å². The Labute approximate surface area is 69.4 Å². The van der Waals surface area contributed by atoms with Crippen LogP contribution in [0.15, 0.2) is 12.7 Å². The van der Waals surface area contributed by atoms with E-state index in [0.717, 1.165) is 12.8 Å². The van der Waals surface area contributed by atoms with E-state index in [1.807, 2.05) is 19.9 Å². The molecule has 11 heavy (non-hydrogen) atoms. The summed E-state index contributed by atoms with van der Waals surface area (Å²) in [6, 6.07) is 0.162. The molecule has 0 aliphatic rings. The summed E-state index contributed by atoms with van der Waals surface area (Å²) in [5.74, 6) is 0. The number of allylic oxidation sites excluding steroid dienone is 1. The average molecular weight is 157 g/mol. The zero-order chi connectivity index (χ0) is 8.69. The maximum absolute atomic E-state index is 5.74. The Bertz CT molecular complexity index is 102. The summed E-state index contributed by atoms with van der Waals surface area (Å²) in [6.45, 7) is 8.32. The lowest BCUT2D eigenvalue weighted by atomic mass is 10.2. The first-order valence-electron chi connectivity index (χ1n) is 4.15. The summed E-state index contributed by atoms with van der Waals surface area (Å²) in [6.07, 6.45) is 4.11. The molecule has 0 aromatic heterocycles. The van der Waals surface area contributed by atoms with Gasteiger partial charge in [0, 0.05) is 6.04 Å². The quantitative estimate of drug-likeness (QED) is 0.596. The van der Waals surface area contributed by atoms with Crippen molar-refractivity contribution in [2.75, 3.05) is 6.61 Å². The molecule has 2 N–H and O–H groups in total. The second-order valence-electron chi connectivity index (χ2n) is 3.01. The highest BCUT2D eigenvalue weighted by atomic mass is 16.5. The van der Waals surface area contributed by atoms with Crippen LogP contribution in [0.2, 0.25) is 0 Å². The topological polar surface area (TPSA) is 35.2 Å². The van der Waals surface area contributed by atoms with Gasteiger partial charge in [-0.3, -0.25) is 0 Å². The molecule has 0 rings (SSSR count). The maximum atomic E-state index is 5.74. The van der Waals surface area contributed by atoms with Crippen molar-refractivity contribution < 1.29 is 4.74 Å². The summed E-state index contributed by atoms with van der Waals surface area (Å²) in [4.78, 5) is 0. The normalized spacial score (nSPS) is 13.5. The van der Waals surface area contributed by atoms with Crippen molar-refractivity contribution in [3.8, 4) is 0 Å². The Morgan fingerprint density at radius 2 is 2.18 bits per heavy atom. The molecular weight excluding hydrogens is 138 g/mol. The lowest BCUT2D eigenvalue weighted by molar-refractivity contribution is 0.0671. The minimum absolute atomic E-state index is 0.162. The molecule has 0 fully saturated rings. The van der Waals surface area contributed by atoms with Crippen LogP contribution >= 0.6 is 0 Å². The van der Waals surface area contributed by atoms with Crippen LogP contribution in [0.3, 0.4) is 0 Å². The molecule has 2 heteroatoms. The van der Waals surface area contributed by atoms with Gasteiger partial charge in [-0.25, -0.2) is 0 Å². The molecule has 0 aliphatic carbocycles. The molecule has 0 heterocycles. The molecule has 0 aromatic rings. The molecule has 66 valence electrons. The van der Waals surface area contributed by atoms with Gasteiger partial charge in [0.15, 0.2) is 0 Å². The fourth-order valence-corrected chi connectivity index (χ4v) is 0.731. The van der Waals surface area contributed by atoms with E-state index in [0.29, 0.717) is 6.61 Å². The van der Waals surface area contributed by atoms with Gasteiger partial charge in [-0.2, -0.15) is 0 Å². The lowest BCUT2D eigenvalue weighted by Crippen LogP contribution is -2.27. The van der Waals surface area contributed by atoms with E-state index in [2.05, 4.69) is 6.58 Å². The monoisotopic (exact) mass is 157 g/mol. The zero-order valence-corrected chi connectivity index (χ0v) is 7.55. The van der Waals surface area contributed by atoms with Crippen LogP contribution in [0.5, 0.6) is 0 Å². The van der Waals surface area contributed by atoms with Crippen molar-refractivity contribution in [2.24, 2.45) is 5.73 Å². The summed E-state index contributed by atoms with van der Waals surface area (Å²) >= 11 is 0. The summed E-state index contributed by atoms with van der Waals surface area (Å²) in [7, 11) is 0. The highest BCUT2D eigenvalue weighted by molar-refractivity contribution is 4.71. The SMILES string of the molecule is C=CCCC(N)COC(C)C. The lowest BCUT2D eigenvalue weighted by Gasteiger charge is -2.12. The molecular formula is C9H19NO. The van der Waals surface area contributed by atoms with Crippen LogP contribution in [0.4, 0.5) is 0 Å². The van der Waals surface area contributed by atoms with Crippen molar-refractivity contribution in [3.63, 3.8) is 0 Å². The molecule has 0 saturated heterocycles.